The monoisotopic (exact) mass is 361 g/mol. The third-order valence-electron chi connectivity index (χ3n) is 4.65. The van der Waals surface area contributed by atoms with Crippen molar-refractivity contribution in [2.45, 2.75) is 47.9 Å². The number of benzene rings is 1. The number of halogens is 1. The molecule has 3 rings (SSSR count). The number of nitrogens with one attached hydrogen (secondary N) is 1. The SMILES string of the molecule is O=S1(=O)C[C@H](NC2CCCC2)[C@@H](S(=O)(=O)c2ccc(F)cc2)C1. The third kappa shape index (κ3) is 3.59. The molecule has 1 aliphatic carbocycles. The molecule has 1 aromatic rings. The van der Waals surface area contributed by atoms with Gasteiger partial charge >= 0.3 is 0 Å². The van der Waals surface area contributed by atoms with Crippen molar-refractivity contribution in [3.8, 4) is 0 Å². The summed E-state index contributed by atoms with van der Waals surface area (Å²) < 4.78 is 62.6. The van der Waals surface area contributed by atoms with Crippen LogP contribution < -0.4 is 5.32 Å². The fraction of sp³-hybridized carbons (Fsp3) is 0.600. The Labute approximate surface area is 136 Å². The molecule has 1 heterocycles. The number of hydrogen-bond donors (Lipinski definition) is 1. The van der Waals surface area contributed by atoms with E-state index in [2.05, 4.69) is 5.32 Å². The second-order valence-electron chi connectivity index (χ2n) is 6.37. The highest BCUT2D eigenvalue weighted by Crippen LogP contribution is 2.28. The molecule has 1 N–H and O–H groups in total. The molecule has 2 aliphatic rings. The van der Waals surface area contributed by atoms with Gasteiger partial charge in [-0.05, 0) is 37.1 Å². The van der Waals surface area contributed by atoms with Crippen molar-refractivity contribution in [1.82, 2.24) is 5.32 Å². The van der Waals surface area contributed by atoms with Crippen molar-refractivity contribution in [3.05, 3.63) is 30.1 Å². The predicted octanol–water partition coefficient (Wildman–Crippen LogP) is 1.30. The summed E-state index contributed by atoms with van der Waals surface area (Å²) in [4.78, 5) is -0.0285. The van der Waals surface area contributed by atoms with E-state index in [9.17, 15) is 21.2 Å². The van der Waals surface area contributed by atoms with Crippen LogP contribution in [0, 0.1) is 5.82 Å². The second kappa shape index (κ2) is 6.14. The van der Waals surface area contributed by atoms with E-state index in [1.165, 1.54) is 12.1 Å². The molecule has 1 saturated heterocycles. The minimum atomic E-state index is -3.83. The summed E-state index contributed by atoms with van der Waals surface area (Å²) >= 11 is 0. The van der Waals surface area contributed by atoms with Gasteiger partial charge in [0.1, 0.15) is 5.82 Å². The quantitative estimate of drug-likeness (QED) is 0.818. The zero-order valence-electron chi connectivity index (χ0n) is 12.6. The molecule has 23 heavy (non-hydrogen) atoms. The van der Waals surface area contributed by atoms with Crippen molar-refractivity contribution in [2.24, 2.45) is 0 Å². The number of hydrogen-bond acceptors (Lipinski definition) is 5. The lowest BCUT2D eigenvalue weighted by Crippen LogP contribution is -2.47. The van der Waals surface area contributed by atoms with Crippen LogP contribution in [0.4, 0.5) is 4.39 Å². The molecular weight excluding hydrogens is 341 g/mol. The Hall–Kier alpha value is -0.990. The molecule has 5 nitrogen and oxygen atoms in total. The first-order valence-electron chi connectivity index (χ1n) is 7.74. The standard InChI is InChI=1S/C15H20FNO4S2/c16-11-5-7-13(8-6-11)23(20,21)15-10-22(18,19)9-14(15)17-12-3-1-2-4-12/h5-8,12,14-15,17H,1-4,9-10H2/t14-,15-/m0/s1. The second-order valence-corrected chi connectivity index (χ2v) is 10.7. The highest BCUT2D eigenvalue weighted by molar-refractivity contribution is 7.96. The average molecular weight is 361 g/mol. The molecule has 8 heteroatoms. The van der Waals surface area contributed by atoms with Gasteiger partial charge in [-0.1, -0.05) is 12.8 Å². The Bertz CT molecular complexity index is 768. The zero-order chi connectivity index (χ0) is 16.7. The Morgan fingerprint density at radius 3 is 2.26 bits per heavy atom. The molecule has 1 aliphatic heterocycles. The van der Waals surface area contributed by atoms with Gasteiger partial charge in [0.15, 0.2) is 19.7 Å². The van der Waals surface area contributed by atoms with Gasteiger partial charge in [0.05, 0.1) is 21.7 Å². The molecule has 1 aromatic carbocycles. The van der Waals surface area contributed by atoms with Crippen LogP contribution in [0.25, 0.3) is 0 Å². The third-order valence-corrected chi connectivity index (χ3v) is 8.81. The summed E-state index contributed by atoms with van der Waals surface area (Å²) in [5.74, 6) is -1.06. The summed E-state index contributed by atoms with van der Waals surface area (Å²) in [6.07, 6.45) is 4.04. The van der Waals surface area contributed by atoms with Crippen molar-refractivity contribution < 1.29 is 21.2 Å². The molecule has 2 atom stereocenters. The van der Waals surface area contributed by atoms with E-state index in [0.29, 0.717) is 0 Å². The molecule has 2 fully saturated rings. The largest absolute Gasteiger partial charge is 0.309 e. The van der Waals surface area contributed by atoms with E-state index in [4.69, 9.17) is 0 Å². The molecule has 0 radical (unpaired) electrons. The Morgan fingerprint density at radius 2 is 1.65 bits per heavy atom. The summed E-state index contributed by atoms with van der Waals surface area (Å²) in [7, 11) is -7.23. The first kappa shape index (κ1) is 16.9. The van der Waals surface area contributed by atoms with Gasteiger partial charge in [-0.2, -0.15) is 0 Å². The van der Waals surface area contributed by atoms with Crippen molar-refractivity contribution in [1.29, 1.82) is 0 Å². The minimum Gasteiger partial charge on any atom is -0.309 e. The van der Waals surface area contributed by atoms with Crippen LogP contribution >= 0.6 is 0 Å². The smallest absolute Gasteiger partial charge is 0.183 e. The van der Waals surface area contributed by atoms with Crippen molar-refractivity contribution in [2.75, 3.05) is 11.5 Å². The van der Waals surface area contributed by atoms with E-state index < -0.39 is 36.8 Å². The number of rotatable bonds is 4. The van der Waals surface area contributed by atoms with Crippen LogP contribution in [0.2, 0.25) is 0 Å². The van der Waals surface area contributed by atoms with Crippen LogP contribution in [0.15, 0.2) is 29.2 Å². The first-order valence-corrected chi connectivity index (χ1v) is 11.1. The minimum absolute atomic E-state index is 0.0285. The predicted molar refractivity (Wildman–Crippen MR) is 85.2 cm³/mol. The molecule has 128 valence electrons. The summed E-state index contributed by atoms with van der Waals surface area (Å²) in [5, 5.41) is 2.22. The summed E-state index contributed by atoms with van der Waals surface area (Å²) in [6, 6.07) is 4.13. The van der Waals surface area contributed by atoms with Crippen LogP contribution in [-0.4, -0.2) is 45.7 Å². The van der Waals surface area contributed by atoms with Gasteiger partial charge in [0, 0.05) is 12.1 Å². The van der Waals surface area contributed by atoms with E-state index >= 15 is 0 Å². The first-order chi connectivity index (χ1) is 10.8. The molecule has 0 unspecified atom stereocenters. The highest BCUT2D eigenvalue weighted by atomic mass is 32.2. The average Bonchev–Trinajstić information content (AvgIpc) is 3.07. The normalized spacial score (nSPS) is 28.2. The van der Waals surface area contributed by atoms with Crippen molar-refractivity contribution >= 4 is 19.7 Å². The van der Waals surface area contributed by atoms with E-state index in [-0.39, 0.29) is 22.4 Å². The van der Waals surface area contributed by atoms with Gasteiger partial charge in [0.2, 0.25) is 0 Å². The molecular formula is C15H20FNO4S2. The Kier molecular flexibility index (Phi) is 4.50. The van der Waals surface area contributed by atoms with Crippen LogP contribution in [0.1, 0.15) is 25.7 Å². The molecule has 0 amide bonds. The Balaban J connectivity index is 1.89. The number of sulfone groups is 2. The molecule has 1 saturated carbocycles. The van der Waals surface area contributed by atoms with Crippen LogP contribution in [0.5, 0.6) is 0 Å². The lowest BCUT2D eigenvalue weighted by atomic mass is 10.2. The lowest BCUT2D eigenvalue weighted by molar-refractivity contribution is 0.449. The maximum Gasteiger partial charge on any atom is 0.183 e. The fourth-order valence-electron chi connectivity index (χ4n) is 3.47. The van der Waals surface area contributed by atoms with E-state index in [0.717, 1.165) is 37.8 Å². The molecule has 0 aromatic heterocycles. The summed E-state index contributed by atoms with van der Waals surface area (Å²) in [6.45, 7) is 0. The zero-order valence-corrected chi connectivity index (χ0v) is 14.2. The maximum absolute atomic E-state index is 13.0. The molecule has 0 spiro atoms. The van der Waals surface area contributed by atoms with Gasteiger partial charge in [-0.3, -0.25) is 0 Å². The Morgan fingerprint density at radius 1 is 1.04 bits per heavy atom. The van der Waals surface area contributed by atoms with Gasteiger partial charge in [-0.25, -0.2) is 21.2 Å². The van der Waals surface area contributed by atoms with E-state index in [1.54, 1.807) is 0 Å². The van der Waals surface area contributed by atoms with Crippen LogP contribution in [-0.2, 0) is 19.7 Å². The van der Waals surface area contributed by atoms with Crippen molar-refractivity contribution in [3.63, 3.8) is 0 Å². The maximum atomic E-state index is 13.0. The topological polar surface area (TPSA) is 80.3 Å². The van der Waals surface area contributed by atoms with E-state index in [1.807, 2.05) is 0 Å². The van der Waals surface area contributed by atoms with Gasteiger partial charge < -0.3 is 5.32 Å². The summed E-state index contributed by atoms with van der Waals surface area (Å²) in [5.41, 5.74) is 0. The fourth-order valence-corrected chi connectivity index (χ4v) is 8.15. The van der Waals surface area contributed by atoms with Gasteiger partial charge in [-0.15, -0.1) is 0 Å². The van der Waals surface area contributed by atoms with Crippen LogP contribution in [0.3, 0.4) is 0 Å². The van der Waals surface area contributed by atoms with Gasteiger partial charge in [0.25, 0.3) is 0 Å². The lowest BCUT2D eigenvalue weighted by Gasteiger charge is -2.23. The highest BCUT2D eigenvalue weighted by Gasteiger charge is 2.46. The molecule has 0 bridgehead atoms.